The molecular weight excluding hydrogens is 270 g/mol. The quantitative estimate of drug-likeness (QED) is 0.862. The molecule has 20 heavy (non-hydrogen) atoms. The van der Waals surface area contributed by atoms with Gasteiger partial charge in [-0.25, -0.2) is 0 Å². The van der Waals surface area contributed by atoms with Crippen molar-refractivity contribution in [3.8, 4) is 15.8 Å². The van der Waals surface area contributed by atoms with Gasteiger partial charge in [0, 0.05) is 18.7 Å². The van der Waals surface area contributed by atoms with Gasteiger partial charge in [0.1, 0.15) is 0 Å². The molecule has 1 saturated heterocycles. The van der Waals surface area contributed by atoms with E-state index in [1.54, 1.807) is 0 Å². The van der Waals surface area contributed by atoms with Crippen LogP contribution in [0.3, 0.4) is 0 Å². The molecule has 4 nitrogen and oxygen atoms in total. The molecule has 0 saturated carbocycles. The van der Waals surface area contributed by atoms with Crippen LogP contribution in [-0.2, 0) is 0 Å². The van der Waals surface area contributed by atoms with Gasteiger partial charge < -0.3 is 4.84 Å². The smallest absolute Gasteiger partial charge is 0.315 e. The van der Waals surface area contributed by atoms with Crippen LogP contribution in [0.4, 0.5) is 0 Å². The van der Waals surface area contributed by atoms with Crippen molar-refractivity contribution < 1.29 is 4.84 Å². The van der Waals surface area contributed by atoms with Crippen molar-refractivity contribution in [2.45, 2.75) is 32.1 Å². The molecule has 0 radical (unpaired) electrons. The van der Waals surface area contributed by atoms with Gasteiger partial charge in [-0.05, 0) is 12.8 Å². The summed E-state index contributed by atoms with van der Waals surface area (Å²) in [7, 11) is 0. The van der Waals surface area contributed by atoms with Crippen LogP contribution in [0.1, 0.15) is 32.1 Å². The Labute approximate surface area is 123 Å². The molecule has 1 fully saturated rings. The Balaban J connectivity index is 1.64. The predicted octanol–water partition coefficient (Wildman–Crippen LogP) is 3.77. The van der Waals surface area contributed by atoms with E-state index in [2.05, 4.69) is 10.2 Å². The van der Waals surface area contributed by atoms with Crippen LogP contribution in [-0.4, -0.2) is 28.4 Å². The van der Waals surface area contributed by atoms with E-state index in [0.29, 0.717) is 5.19 Å². The Hall–Kier alpha value is -1.46. The number of nitrogens with zero attached hydrogens (tertiary/aromatic N) is 3. The maximum Gasteiger partial charge on any atom is 0.315 e. The summed E-state index contributed by atoms with van der Waals surface area (Å²) < 4.78 is 0. The second-order valence-electron chi connectivity index (χ2n) is 5.03. The normalized spacial score (nSPS) is 17.4. The second kappa shape index (κ2) is 6.81. The molecule has 0 bridgehead atoms. The lowest BCUT2D eigenvalue weighted by molar-refractivity contribution is -0.0640. The van der Waals surface area contributed by atoms with Crippen LogP contribution in [0.2, 0.25) is 0 Å². The van der Waals surface area contributed by atoms with Crippen molar-refractivity contribution in [3.63, 3.8) is 0 Å². The van der Waals surface area contributed by atoms with Gasteiger partial charge in [0.25, 0.3) is 0 Å². The monoisotopic (exact) mass is 289 g/mol. The van der Waals surface area contributed by atoms with Gasteiger partial charge in [-0.1, -0.05) is 66.0 Å². The third-order valence-corrected chi connectivity index (χ3v) is 4.29. The highest BCUT2D eigenvalue weighted by Gasteiger charge is 2.13. The summed E-state index contributed by atoms with van der Waals surface area (Å²) >= 11 is 1.51. The molecule has 1 aliphatic heterocycles. The van der Waals surface area contributed by atoms with Crippen LogP contribution in [0, 0.1) is 0 Å². The lowest BCUT2D eigenvalue weighted by atomic mass is 10.1. The molecule has 2 aromatic rings. The number of benzene rings is 1. The van der Waals surface area contributed by atoms with Crippen LogP contribution in [0.5, 0.6) is 5.19 Å². The Kier molecular flexibility index (Phi) is 4.61. The molecule has 1 aromatic heterocycles. The standard InChI is InChI=1S/C15H19N3OS/c1-2-7-11-18(12-8-3-1)19-15-17-16-14(20-15)13-9-5-4-6-10-13/h4-6,9-10H,1-3,7-8,11-12H2. The first-order valence-electron chi connectivity index (χ1n) is 7.24. The van der Waals surface area contributed by atoms with Crippen LogP contribution in [0.25, 0.3) is 10.6 Å². The summed E-state index contributed by atoms with van der Waals surface area (Å²) in [6, 6.07) is 10.1. The average Bonchev–Trinajstić information content (AvgIpc) is 2.91. The Bertz CT molecular complexity index is 521. The molecule has 0 atom stereocenters. The minimum Gasteiger partial charge on any atom is -0.372 e. The molecule has 0 N–H and O–H groups in total. The molecule has 1 aliphatic rings. The van der Waals surface area contributed by atoms with E-state index >= 15 is 0 Å². The highest BCUT2D eigenvalue weighted by molar-refractivity contribution is 7.16. The van der Waals surface area contributed by atoms with Gasteiger partial charge in [-0.3, -0.25) is 0 Å². The molecular formula is C15H19N3OS. The number of hydroxylamine groups is 2. The van der Waals surface area contributed by atoms with Gasteiger partial charge in [0.15, 0.2) is 5.01 Å². The molecule has 0 aliphatic carbocycles. The van der Waals surface area contributed by atoms with Gasteiger partial charge in [0.2, 0.25) is 0 Å². The average molecular weight is 289 g/mol. The van der Waals surface area contributed by atoms with E-state index in [1.807, 2.05) is 35.4 Å². The molecule has 2 heterocycles. The van der Waals surface area contributed by atoms with Crippen LogP contribution < -0.4 is 4.84 Å². The Morgan fingerprint density at radius 2 is 1.60 bits per heavy atom. The summed E-state index contributed by atoms with van der Waals surface area (Å²) in [4.78, 5) is 5.87. The van der Waals surface area contributed by atoms with E-state index in [0.717, 1.165) is 23.7 Å². The lowest BCUT2D eigenvalue weighted by Crippen LogP contribution is -2.30. The zero-order valence-corrected chi connectivity index (χ0v) is 12.3. The van der Waals surface area contributed by atoms with Crippen molar-refractivity contribution in [1.29, 1.82) is 0 Å². The first-order valence-corrected chi connectivity index (χ1v) is 8.05. The Morgan fingerprint density at radius 3 is 2.35 bits per heavy atom. The first-order chi connectivity index (χ1) is 9.92. The largest absolute Gasteiger partial charge is 0.372 e. The molecule has 0 unspecified atom stereocenters. The molecule has 0 amide bonds. The third-order valence-electron chi connectivity index (χ3n) is 3.45. The molecule has 106 valence electrons. The number of hydrogen-bond donors (Lipinski definition) is 0. The minimum atomic E-state index is 0.643. The summed E-state index contributed by atoms with van der Waals surface area (Å²) in [5.41, 5.74) is 1.09. The van der Waals surface area contributed by atoms with Crippen molar-refractivity contribution in [1.82, 2.24) is 15.3 Å². The van der Waals surface area contributed by atoms with E-state index in [-0.39, 0.29) is 0 Å². The van der Waals surface area contributed by atoms with E-state index in [9.17, 15) is 0 Å². The van der Waals surface area contributed by atoms with E-state index in [4.69, 9.17) is 4.84 Å². The van der Waals surface area contributed by atoms with Crippen molar-refractivity contribution in [3.05, 3.63) is 30.3 Å². The van der Waals surface area contributed by atoms with E-state index < -0.39 is 0 Å². The number of hydrogen-bond acceptors (Lipinski definition) is 5. The maximum atomic E-state index is 5.87. The topological polar surface area (TPSA) is 38.3 Å². The van der Waals surface area contributed by atoms with Gasteiger partial charge >= 0.3 is 5.19 Å². The lowest BCUT2D eigenvalue weighted by Gasteiger charge is -2.22. The fraction of sp³-hybridized carbons (Fsp3) is 0.467. The minimum absolute atomic E-state index is 0.643. The molecule has 0 spiro atoms. The Morgan fingerprint density at radius 1 is 0.900 bits per heavy atom. The maximum absolute atomic E-state index is 5.87. The van der Waals surface area contributed by atoms with Crippen molar-refractivity contribution >= 4 is 11.3 Å². The van der Waals surface area contributed by atoms with Crippen molar-refractivity contribution in [2.75, 3.05) is 13.1 Å². The summed E-state index contributed by atoms with van der Waals surface area (Å²) in [6.07, 6.45) is 6.34. The summed E-state index contributed by atoms with van der Waals surface area (Å²) in [6.45, 7) is 1.97. The van der Waals surface area contributed by atoms with Crippen LogP contribution in [0.15, 0.2) is 30.3 Å². The summed E-state index contributed by atoms with van der Waals surface area (Å²) in [5, 5.41) is 11.9. The molecule has 3 rings (SSSR count). The number of aromatic nitrogens is 2. The van der Waals surface area contributed by atoms with Gasteiger partial charge in [-0.2, -0.15) is 0 Å². The fourth-order valence-corrected chi connectivity index (χ4v) is 3.09. The van der Waals surface area contributed by atoms with Gasteiger partial charge in [0.05, 0.1) is 0 Å². The van der Waals surface area contributed by atoms with Gasteiger partial charge in [-0.15, -0.1) is 10.2 Å². The third kappa shape index (κ3) is 3.55. The summed E-state index contributed by atoms with van der Waals surface area (Å²) in [5.74, 6) is 0. The highest BCUT2D eigenvalue weighted by Crippen LogP contribution is 2.28. The van der Waals surface area contributed by atoms with Crippen molar-refractivity contribution in [2.24, 2.45) is 0 Å². The van der Waals surface area contributed by atoms with Crippen LogP contribution >= 0.6 is 11.3 Å². The second-order valence-corrected chi connectivity index (χ2v) is 5.97. The van der Waals surface area contributed by atoms with E-state index in [1.165, 1.54) is 43.4 Å². The zero-order valence-electron chi connectivity index (χ0n) is 11.5. The highest BCUT2D eigenvalue weighted by atomic mass is 32.1. The number of rotatable bonds is 3. The molecule has 5 heteroatoms. The first kappa shape index (κ1) is 13.5. The molecule has 1 aromatic carbocycles. The predicted molar refractivity (Wildman–Crippen MR) is 80.6 cm³/mol. The SMILES string of the molecule is c1ccc(-c2nnc(ON3CCCCCCC3)s2)cc1. The zero-order chi connectivity index (χ0) is 13.6. The fourth-order valence-electron chi connectivity index (χ4n) is 2.36.